The minimum Gasteiger partial charge on any atom is -0.378 e. The van der Waals surface area contributed by atoms with Gasteiger partial charge in [-0.25, -0.2) is 4.98 Å². The number of anilines is 3. The van der Waals surface area contributed by atoms with Crippen molar-refractivity contribution in [1.82, 2.24) is 4.98 Å². The number of nitrogens with one attached hydrogen (secondary N) is 1. The van der Waals surface area contributed by atoms with Crippen LogP contribution in [0.2, 0.25) is 0 Å². The molecule has 2 heterocycles. The molecule has 0 unspecified atom stereocenters. The van der Waals surface area contributed by atoms with Gasteiger partial charge in [0.05, 0.1) is 13.2 Å². The van der Waals surface area contributed by atoms with Gasteiger partial charge in [-0.15, -0.1) is 11.3 Å². The van der Waals surface area contributed by atoms with Crippen LogP contribution >= 0.6 is 27.3 Å². The fourth-order valence-electron chi connectivity index (χ4n) is 2.01. The molecule has 2 aromatic rings. The van der Waals surface area contributed by atoms with Gasteiger partial charge in [-0.2, -0.15) is 0 Å². The number of nitrogens with zero attached hydrogens (tertiary/aromatic N) is 2. The second-order valence-corrected chi connectivity index (χ2v) is 5.92. The van der Waals surface area contributed by atoms with Crippen LogP contribution < -0.4 is 10.2 Å². The molecule has 1 aromatic carbocycles. The van der Waals surface area contributed by atoms with E-state index in [0.29, 0.717) is 0 Å². The van der Waals surface area contributed by atoms with Crippen LogP contribution in [-0.4, -0.2) is 31.3 Å². The Hall–Kier alpha value is -1.11. The Morgan fingerprint density at radius 1 is 1.21 bits per heavy atom. The predicted octanol–water partition coefficient (Wildman–Crippen LogP) is 3.49. The third-order valence-corrected chi connectivity index (χ3v) is 4.44. The van der Waals surface area contributed by atoms with Crippen molar-refractivity contribution in [2.45, 2.75) is 0 Å². The van der Waals surface area contributed by atoms with Gasteiger partial charge in [0.2, 0.25) is 0 Å². The third-order valence-electron chi connectivity index (χ3n) is 2.97. The van der Waals surface area contributed by atoms with Crippen molar-refractivity contribution >= 4 is 43.8 Å². The van der Waals surface area contributed by atoms with Gasteiger partial charge in [0.15, 0.2) is 5.13 Å². The van der Waals surface area contributed by atoms with Crippen LogP contribution in [0, 0.1) is 0 Å². The van der Waals surface area contributed by atoms with Crippen LogP contribution in [0.5, 0.6) is 0 Å². The quantitative estimate of drug-likeness (QED) is 0.928. The van der Waals surface area contributed by atoms with E-state index in [4.69, 9.17) is 4.74 Å². The van der Waals surface area contributed by atoms with Gasteiger partial charge in [-0.1, -0.05) is 0 Å². The van der Waals surface area contributed by atoms with Gasteiger partial charge in [0.1, 0.15) is 4.60 Å². The predicted molar refractivity (Wildman–Crippen MR) is 82.6 cm³/mol. The molecule has 0 spiro atoms. The lowest BCUT2D eigenvalue weighted by Gasteiger charge is -2.28. The molecule has 1 aliphatic heterocycles. The van der Waals surface area contributed by atoms with E-state index in [-0.39, 0.29) is 0 Å². The summed E-state index contributed by atoms with van der Waals surface area (Å²) in [6, 6.07) is 8.44. The smallest absolute Gasteiger partial charge is 0.188 e. The highest BCUT2D eigenvalue weighted by Gasteiger charge is 2.10. The fraction of sp³-hybridized carbons (Fsp3) is 0.308. The Bertz CT molecular complexity index is 537. The number of benzene rings is 1. The lowest BCUT2D eigenvalue weighted by molar-refractivity contribution is 0.122. The summed E-state index contributed by atoms with van der Waals surface area (Å²) in [7, 11) is 0. The third kappa shape index (κ3) is 3.26. The molecule has 1 saturated heterocycles. The molecule has 1 aliphatic rings. The molecule has 3 rings (SSSR count). The van der Waals surface area contributed by atoms with Crippen LogP contribution in [0.15, 0.2) is 34.2 Å². The number of rotatable bonds is 3. The van der Waals surface area contributed by atoms with Crippen molar-refractivity contribution < 1.29 is 4.74 Å². The highest BCUT2D eigenvalue weighted by Crippen LogP contribution is 2.25. The Morgan fingerprint density at radius 2 is 1.95 bits per heavy atom. The molecule has 0 saturated carbocycles. The molecule has 0 bridgehead atoms. The number of morpholine rings is 1. The molecule has 4 nitrogen and oxygen atoms in total. The molecule has 0 aliphatic carbocycles. The Kier molecular flexibility index (Phi) is 4.00. The maximum atomic E-state index is 5.36. The average Bonchev–Trinajstić information content (AvgIpc) is 2.86. The van der Waals surface area contributed by atoms with Crippen molar-refractivity contribution in [1.29, 1.82) is 0 Å². The van der Waals surface area contributed by atoms with Crippen LogP contribution in [0.1, 0.15) is 0 Å². The van der Waals surface area contributed by atoms with Gasteiger partial charge < -0.3 is 15.0 Å². The van der Waals surface area contributed by atoms with E-state index >= 15 is 0 Å². The van der Waals surface area contributed by atoms with Gasteiger partial charge in [0, 0.05) is 29.8 Å². The molecule has 1 N–H and O–H groups in total. The van der Waals surface area contributed by atoms with E-state index in [1.165, 1.54) is 5.69 Å². The molecular formula is C13H14BrN3OS. The largest absolute Gasteiger partial charge is 0.378 e. The maximum Gasteiger partial charge on any atom is 0.188 e. The standard InChI is InChI=1S/C13H14BrN3OS/c14-12-9-19-13(16-12)15-10-1-3-11(4-2-10)17-5-7-18-8-6-17/h1-4,9H,5-8H2,(H,15,16). The number of thiazole rings is 1. The van der Waals surface area contributed by atoms with Crippen molar-refractivity contribution in [2.75, 3.05) is 36.5 Å². The second-order valence-electron chi connectivity index (χ2n) is 4.25. The first kappa shape index (κ1) is 12.9. The van der Waals surface area contributed by atoms with Crippen molar-refractivity contribution in [3.05, 3.63) is 34.2 Å². The first-order chi connectivity index (χ1) is 9.31. The Morgan fingerprint density at radius 3 is 2.58 bits per heavy atom. The summed E-state index contributed by atoms with van der Waals surface area (Å²) in [5.74, 6) is 0. The van der Waals surface area contributed by atoms with Crippen molar-refractivity contribution in [3.63, 3.8) is 0 Å². The maximum absolute atomic E-state index is 5.36. The Labute approximate surface area is 124 Å². The van der Waals surface area contributed by atoms with E-state index in [0.717, 1.165) is 41.7 Å². The summed E-state index contributed by atoms with van der Waals surface area (Å²) in [4.78, 5) is 6.66. The number of hydrogen-bond acceptors (Lipinski definition) is 5. The zero-order chi connectivity index (χ0) is 13.1. The number of hydrogen-bond donors (Lipinski definition) is 1. The van der Waals surface area contributed by atoms with E-state index < -0.39 is 0 Å². The molecule has 0 atom stereocenters. The SMILES string of the molecule is Brc1csc(Nc2ccc(N3CCOCC3)cc2)n1. The summed E-state index contributed by atoms with van der Waals surface area (Å²) in [6.45, 7) is 3.55. The van der Waals surface area contributed by atoms with Gasteiger partial charge in [-0.05, 0) is 40.2 Å². The van der Waals surface area contributed by atoms with Crippen LogP contribution in [-0.2, 0) is 4.74 Å². The molecule has 19 heavy (non-hydrogen) atoms. The number of ether oxygens (including phenoxy) is 1. The van der Waals surface area contributed by atoms with Crippen LogP contribution in [0.4, 0.5) is 16.5 Å². The zero-order valence-electron chi connectivity index (χ0n) is 10.3. The molecule has 6 heteroatoms. The molecular weight excluding hydrogens is 326 g/mol. The molecule has 1 aromatic heterocycles. The highest BCUT2D eigenvalue weighted by atomic mass is 79.9. The average molecular weight is 340 g/mol. The highest BCUT2D eigenvalue weighted by molar-refractivity contribution is 9.10. The van der Waals surface area contributed by atoms with Crippen LogP contribution in [0.25, 0.3) is 0 Å². The van der Waals surface area contributed by atoms with Crippen molar-refractivity contribution in [2.24, 2.45) is 0 Å². The van der Waals surface area contributed by atoms with Gasteiger partial charge >= 0.3 is 0 Å². The second kappa shape index (κ2) is 5.90. The zero-order valence-corrected chi connectivity index (χ0v) is 12.7. The minimum atomic E-state index is 0.813. The summed E-state index contributed by atoms with van der Waals surface area (Å²) >= 11 is 4.93. The number of aromatic nitrogens is 1. The van der Waals surface area contributed by atoms with E-state index in [9.17, 15) is 0 Å². The first-order valence-electron chi connectivity index (χ1n) is 6.12. The monoisotopic (exact) mass is 339 g/mol. The number of halogens is 1. The molecule has 100 valence electrons. The van der Waals surface area contributed by atoms with E-state index in [2.05, 4.69) is 55.4 Å². The summed E-state index contributed by atoms with van der Waals surface area (Å²) in [6.07, 6.45) is 0. The molecule has 0 radical (unpaired) electrons. The van der Waals surface area contributed by atoms with Gasteiger partial charge in [-0.3, -0.25) is 0 Å². The Balaban J connectivity index is 1.68. The lowest BCUT2D eigenvalue weighted by Crippen LogP contribution is -2.36. The normalized spacial score (nSPS) is 15.5. The molecule has 0 amide bonds. The summed E-state index contributed by atoms with van der Waals surface area (Å²) in [5, 5.41) is 6.15. The van der Waals surface area contributed by atoms with Crippen molar-refractivity contribution in [3.8, 4) is 0 Å². The van der Waals surface area contributed by atoms with Crippen LogP contribution in [0.3, 0.4) is 0 Å². The lowest BCUT2D eigenvalue weighted by atomic mass is 10.2. The van der Waals surface area contributed by atoms with Gasteiger partial charge in [0.25, 0.3) is 0 Å². The summed E-state index contributed by atoms with van der Waals surface area (Å²) < 4.78 is 6.23. The topological polar surface area (TPSA) is 37.4 Å². The van der Waals surface area contributed by atoms with E-state index in [1.807, 2.05) is 5.38 Å². The van der Waals surface area contributed by atoms with E-state index in [1.54, 1.807) is 11.3 Å². The molecule has 1 fully saturated rings. The summed E-state index contributed by atoms with van der Waals surface area (Å²) in [5.41, 5.74) is 2.30. The first-order valence-corrected chi connectivity index (χ1v) is 7.79. The minimum absolute atomic E-state index is 0.813. The fourth-order valence-corrected chi connectivity index (χ4v) is 3.18.